The van der Waals surface area contributed by atoms with Gasteiger partial charge in [0.2, 0.25) is 5.91 Å². The molecule has 2 unspecified atom stereocenters. The van der Waals surface area contributed by atoms with Crippen molar-refractivity contribution in [1.82, 2.24) is 10.2 Å². The second-order valence-electron chi connectivity index (χ2n) is 8.88. The predicted octanol–water partition coefficient (Wildman–Crippen LogP) is 1.27. The van der Waals surface area contributed by atoms with Crippen LogP contribution in [0.25, 0.3) is 0 Å². The summed E-state index contributed by atoms with van der Waals surface area (Å²) in [5, 5.41) is 22.5. The normalized spacial score (nSPS) is 17.0. The summed E-state index contributed by atoms with van der Waals surface area (Å²) in [7, 11) is 3.22. The first-order chi connectivity index (χ1) is 13.2. The smallest absolute Gasteiger partial charge is 0.335 e. The molecule has 3 N–H and O–H groups in total. The first kappa shape index (κ1) is 27.5. The molecule has 0 aromatic heterocycles. The molecule has 0 aliphatic carbocycles. The van der Waals surface area contributed by atoms with Crippen LogP contribution in [0.15, 0.2) is 0 Å². The fraction of sp³-hybridized carbons (Fsp3) is 0.857. The molecular weight excluding hydrogens is 376 g/mol. The molecule has 0 bridgehead atoms. The van der Waals surface area contributed by atoms with Crippen LogP contribution in [0.4, 0.5) is 0 Å². The quantitative estimate of drug-likeness (QED) is 0.410. The van der Waals surface area contributed by atoms with E-state index in [1.807, 2.05) is 6.92 Å². The fourth-order valence-electron chi connectivity index (χ4n) is 3.14. The monoisotopic (exact) mass is 416 g/mol. The summed E-state index contributed by atoms with van der Waals surface area (Å²) in [6.45, 7) is 10.3. The van der Waals surface area contributed by atoms with E-state index in [-0.39, 0.29) is 11.8 Å². The highest BCUT2D eigenvalue weighted by atomic mass is 16.6. The van der Waals surface area contributed by atoms with E-state index in [0.29, 0.717) is 19.3 Å². The van der Waals surface area contributed by atoms with Crippen molar-refractivity contribution in [3.8, 4) is 0 Å². The van der Waals surface area contributed by atoms with E-state index in [9.17, 15) is 24.6 Å². The molecular formula is C21H40N2O6. The van der Waals surface area contributed by atoms with Crippen molar-refractivity contribution < 1.29 is 29.3 Å². The Balaban J connectivity index is 5.36. The Labute approximate surface area is 175 Å². The summed E-state index contributed by atoms with van der Waals surface area (Å²) in [5.74, 6) is -1.71. The van der Waals surface area contributed by atoms with E-state index in [1.165, 1.54) is 4.90 Å². The van der Waals surface area contributed by atoms with Crippen molar-refractivity contribution in [3.63, 3.8) is 0 Å². The number of rotatable bonds is 12. The van der Waals surface area contributed by atoms with Gasteiger partial charge in [0.05, 0.1) is 18.2 Å². The molecule has 0 aliphatic rings. The van der Waals surface area contributed by atoms with Gasteiger partial charge in [-0.25, -0.2) is 4.79 Å². The summed E-state index contributed by atoms with van der Waals surface area (Å²) in [5.41, 5.74) is -0.774. The molecule has 0 saturated carbocycles. The average Bonchev–Trinajstić information content (AvgIpc) is 2.58. The first-order valence-electron chi connectivity index (χ1n) is 10.3. The Bertz CT molecular complexity index is 544. The molecule has 0 rings (SSSR count). The third kappa shape index (κ3) is 10.2. The van der Waals surface area contributed by atoms with Crippen LogP contribution in [0.3, 0.4) is 0 Å². The highest BCUT2D eigenvalue weighted by Gasteiger charge is 2.35. The number of aliphatic hydroxyl groups is 2. The number of ketones is 1. The number of nitrogens with zero attached hydrogens (tertiary/aromatic N) is 1. The third-order valence-electron chi connectivity index (χ3n) is 4.79. The molecule has 5 atom stereocenters. The molecule has 0 radical (unpaired) electrons. The summed E-state index contributed by atoms with van der Waals surface area (Å²) >= 11 is 0. The molecule has 0 spiro atoms. The van der Waals surface area contributed by atoms with Gasteiger partial charge in [0.1, 0.15) is 5.60 Å². The highest BCUT2D eigenvalue weighted by molar-refractivity contribution is 5.93. The number of likely N-dealkylation sites (N-methyl/N-ethyl adjacent to an activating group) is 2. The summed E-state index contributed by atoms with van der Waals surface area (Å²) in [4.78, 5) is 39.1. The number of hydrogen-bond acceptors (Lipinski definition) is 7. The number of ether oxygens (including phenoxy) is 1. The first-order valence-corrected chi connectivity index (χ1v) is 10.3. The predicted molar refractivity (Wildman–Crippen MR) is 111 cm³/mol. The zero-order valence-corrected chi connectivity index (χ0v) is 19.2. The van der Waals surface area contributed by atoms with Crippen molar-refractivity contribution >= 4 is 17.7 Å². The Morgan fingerprint density at radius 2 is 1.62 bits per heavy atom. The van der Waals surface area contributed by atoms with E-state index in [4.69, 9.17) is 4.74 Å². The van der Waals surface area contributed by atoms with Crippen molar-refractivity contribution in [2.24, 2.45) is 5.92 Å². The molecule has 8 nitrogen and oxygen atoms in total. The summed E-state index contributed by atoms with van der Waals surface area (Å²) in [6, 6.07) is -1.26. The van der Waals surface area contributed by atoms with Gasteiger partial charge in [-0.2, -0.15) is 0 Å². The van der Waals surface area contributed by atoms with Gasteiger partial charge in [-0.15, -0.1) is 0 Å². The van der Waals surface area contributed by atoms with Gasteiger partial charge in [0.15, 0.2) is 11.9 Å². The minimum atomic E-state index is -1.58. The fourth-order valence-corrected chi connectivity index (χ4v) is 3.14. The number of carbonyl (C=O) groups is 3. The van der Waals surface area contributed by atoms with Crippen LogP contribution in [0.5, 0.6) is 0 Å². The largest absolute Gasteiger partial charge is 0.458 e. The van der Waals surface area contributed by atoms with E-state index in [1.54, 1.807) is 48.7 Å². The number of hydrogen-bond donors (Lipinski definition) is 3. The van der Waals surface area contributed by atoms with Crippen LogP contribution in [0.1, 0.15) is 67.2 Å². The van der Waals surface area contributed by atoms with Gasteiger partial charge < -0.3 is 25.2 Å². The van der Waals surface area contributed by atoms with E-state index < -0.39 is 48.1 Å². The molecule has 29 heavy (non-hydrogen) atoms. The zero-order chi connectivity index (χ0) is 22.9. The van der Waals surface area contributed by atoms with Gasteiger partial charge in [-0.3, -0.25) is 9.59 Å². The Hall–Kier alpha value is -1.51. The lowest BCUT2D eigenvalue weighted by Gasteiger charge is -2.34. The van der Waals surface area contributed by atoms with E-state index in [0.717, 1.165) is 0 Å². The van der Waals surface area contributed by atoms with Crippen molar-refractivity contribution in [1.29, 1.82) is 0 Å². The van der Waals surface area contributed by atoms with Gasteiger partial charge in [-0.05, 0) is 60.4 Å². The van der Waals surface area contributed by atoms with Crippen LogP contribution in [0.2, 0.25) is 0 Å². The maximum atomic E-state index is 13.0. The van der Waals surface area contributed by atoms with Crippen LogP contribution >= 0.6 is 0 Å². The lowest BCUT2D eigenvalue weighted by atomic mass is 9.88. The second kappa shape index (κ2) is 12.2. The molecule has 0 aromatic rings. The number of nitrogens with one attached hydrogen (secondary N) is 1. The van der Waals surface area contributed by atoms with Gasteiger partial charge >= 0.3 is 5.97 Å². The average molecular weight is 417 g/mol. The van der Waals surface area contributed by atoms with E-state index in [2.05, 4.69) is 5.32 Å². The standard InChI is InChI=1S/C21H40N2O6/c1-13(10-9-11-14(2)24)18(23(8)19(27)15(3)22-7)16(25)12-17(26)20(28)29-21(4,5)6/h13-15,17-18,22,24,26H,9-12H2,1-8H3/t13-,14?,15-,17?,18-/m0/s1. The minimum Gasteiger partial charge on any atom is -0.458 e. The van der Waals surface area contributed by atoms with Crippen LogP contribution < -0.4 is 5.32 Å². The van der Waals surface area contributed by atoms with Crippen LogP contribution in [-0.2, 0) is 19.1 Å². The maximum Gasteiger partial charge on any atom is 0.335 e. The number of amides is 1. The number of carbonyl (C=O) groups excluding carboxylic acids is 3. The molecule has 0 saturated heterocycles. The van der Waals surface area contributed by atoms with Crippen LogP contribution in [-0.4, -0.2) is 76.8 Å². The van der Waals surface area contributed by atoms with Crippen molar-refractivity contribution in [3.05, 3.63) is 0 Å². The minimum absolute atomic E-state index is 0.204. The van der Waals surface area contributed by atoms with E-state index >= 15 is 0 Å². The van der Waals surface area contributed by atoms with Gasteiger partial charge in [0, 0.05) is 13.5 Å². The lowest BCUT2D eigenvalue weighted by Crippen LogP contribution is -2.52. The number of esters is 1. The zero-order valence-electron chi connectivity index (χ0n) is 19.2. The summed E-state index contributed by atoms with van der Waals surface area (Å²) in [6.07, 6.45) is -0.536. The molecule has 0 heterocycles. The molecule has 0 aliphatic heterocycles. The van der Waals surface area contributed by atoms with Gasteiger partial charge in [-0.1, -0.05) is 13.3 Å². The Morgan fingerprint density at radius 1 is 1.07 bits per heavy atom. The SMILES string of the molecule is CN[C@@H](C)C(=O)N(C)[C@H](C(=O)CC(O)C(=O)OC(C)(C)C)[C@@H](C)CCCC(C)O. The Morgan fingerprint density at radius 3 is 2.07 bits per heavy atom. The number of aliphatic hydroxyl groups excluding tert-OH is 2. The molecule has 1 amide bonds. The third-order valence-corrected chi connectivity index (χ3v) is 4.79. The van der Waals surface area contributed by atoms with Crippen molar-refractivity contribution in [2.75, 3.05) is 14.1 Å². The van der Waals surface area contributed by atoms with Gasteiger partial charge in [0.25, 0.3) is 0 Å². The topological polar surface area (TPSA) is 116 Å². The highest BCUT2D eigenvalue weighted by Crippen LogP contribution is 2.21. The van der Waals surface area contributed by atoms with Crippen molar-refractivity contribution in [2.45, 2.75) is 97.1 Å². The second-order valence-corrected chi connectivity index (χ2v) is 8.88. The molecule has 170 valence electrons. The molecule has 0 fully saturated rings. The molecule has 8 heteroatoms. The Kier molecular flexibility index (Phi) is 11.6. The molecule has 0 aromatic carbocycles. The summed E-state index contributed by atoms with van der Waals surface area (Å²) < 4.78 is 5.14. The number of Topliss-reactive ketones (excluding diaryl/α,β-unsaturated/α-hetero) is 1. The van der Waals surface area contributed by atoms with Crippen LogP contribution in [0, 0.1) is 5.92 Å². The lowest BCUT2D eigenvalue weighted by molar-refractivity contribution is -0.166. The maximum absolute atomic E-state index is 13.0.